The number of nitrogens with zero attached hydrogens (tertiary/aromatic N) is 4. The summed E-state index contributed by atoms with van der Waals surface area (Å²) in [6.07, 6.45) is 6.13. The molecule has 3 heterocycles. The van der Waals surface area contributed by atoms with E-state index in [4.69, 9.17) is 0 Å². The molecule has 1 aliphatic carbocycles. The Hall–Kier alpha value is -2.93. The van der Waals surface area contributed by atoms with Gasteiger partial charge in [0, 0.05) is 29.9 Å². The average molecular weight is 365 g/mol. The Morgan fingerprint density at radius 2 is 1.85 bits per heavy atom. The fourth-order valence-corrected chi connectivity index (χ4v) is 3.50. The number of aliphatic hydroxyl groups is 1. The van der Waals surface area contributed by atoms with Crippen LogP contribution >= 0.6 is 0 Å². The summed E-state index contributed by atoms with van der Waals surface area (Å²) in [4.78, 5) is 8.43. The number of aromatic nitrogens is 4. The van der Waals surface area contributed by atoms with Crippen LogP contribution in [0.1, 0.15) is 30.7 Å². The van der Waals surface area contributed by atoms with Crippen molar-refractivity contribution >= 4 is 5.82 Å². The maximum absolute atomic E-state index is 14.2. The van der Waals surface area contributed by atoms with Gasteiger partial charge in [0.2, 0.25) is 0 Å². The number of aliphatic hydroxyl groups excluding tert-OH is 1. The fraction of sp³-hybridized carbons (Fsp3) is 0.300. The molecule has 7 heteroatoms. The highest BCUT2D eigenvalue weighted by Gasteiger charge is 2.41. The minimum atomic E-state index is -0.293. The molecule has 3 aromatic heterocycles. The normalized spacial score (nSPS) is 15.2. The smallest absolute Gasteiger partial charge is 0.148 e. The van der Waals surface area contributed by atoms with Crippen LogP contribution in [-0.2, 0) is 12.0 Å². The topological polar surface area (TPSA) is 83.8 Å². The van der Waals surface area contributed by atoms with Crippen LogP contribution in [0, 0.1) is 5.82 Å². The monoisotopic (exact) mass is 365 g/mol. The third-order valence-corrected chi connectivity index (χ3v) is 5.16. The van der Waals surface area contributed by atoms with E-state index in [1.54, 1.807) is 24.5 Å². The van der Waals surface area contributed by atoms with Crippen LogP contribution in [0.2, 0.25) is 0 Å². The van der Waals surface area contributed by atoms with Gasteiger partial charge in [-0.05, 0) is 49.2 Å². The molecule has 0 amide bonds. The first-order valence-corrected chi connectivity index (χ1v) is 8.96. The predicted molar refractivity (Wildman–Crippen MR) is 99.4 cm³/mol. The van der Waals surface area contributed by atoms with Gasteiger partial charge < -0.3 is 10.4 Å². The second-order valence-electron chi connectivity index (χ2n) is 6.78. The SMILES string of the molecule is OCc1ncccc1-c1ccc(NCC2(c3ncccc3F)CCC2)nn1. The zero-order chi connectivity index (χ0) is 18.7. The highest BCUT2D eigenvalue weighted by atomic mass is 19.1. The van der Waals surface area contributed by atoms with E-state index in [1.165, 1.54) is 6.07 Å². The largest absolute Gasteiger partial charge is 0.390 e. The Bertz CT molecular complexity index is 928. The van der Waals surface area contributed by atoms with Gasteiger partial charge in [0.25, 0.3) is 0 Å². The van der Waals surface area contributed by atoms with Gasteiger partial charge in [-0.3, -0.25) is 9.97 Å². The van der Waals surface area contributed by atoms with E-state index in [2.05, 4.69) is 25.5 Å². The van der Waals surface area contributed by atoms with Crippen molar-refractivity contribution in [2.75, 3.05) is 11.9 Å². The predicted octanol–water partition coefficient (Wildman–Crippen LogP) is 3.10. The van der Waals surface area contributed by atoms with Crippen molar-refractivity contribution in [1.82, 2.24) is 20.2 Å². The lowest BCUT2D eigenvalue weighted by Gasteiger charge is -2.41. The van der Waals surface area contributed by atoms with Crippen molar-refractivity contribution in [1.29, 1.82) is 0 Å². The van der Waals surface area contributed by atoms with Crippen molar-refractivity contribution in [3.8, 4) is 11.3 Å². The standard InChI is InChI=1S/C20H20FN5O/c21-15-5-2-11-23-19(15)20(8-3-9-20)13-24-18-7-6-16(25-26-18)14-4-1-10-22-17(14)12-27/h1-2,4-7,10-11,27H,3,8-9,12-13H2,(H,24,26). The molecule has 0 bridgehead atoms. The van der Waals surface area contributed by atoms with Gasteiger partial charge in [-0.25, -0.2) is 4.39 Å². The summed E-state index contributed by atoms with van der Waals surface area (Å²) >= 11 is 0. The van der Waals surface area contributed by atoms with E-state index < -0.39 is 0 Å². The second-order valence-corrected chi connectivity index (χ2v) is 6.78. The number of halogens is 1. The number of hydrogen-bond donors (Lipinski definition) is 2. The van der Waals surface area contributed by atoms with Crippen LogP contribution in [0.4, 0.5) is 10.2 Å². The molecule has 0 aromatic carbocycles. The molecule has 0 unspecified atom stereocenters. The first kappa shape index (κ1) is 17.5. The summed E-state index contributed by atoms with van der Waals surface area (Å²) in [5.74, 6) is 0.365. The van der Waals surface area contributed by atoms with Crippen molar-refractivity contribution in [3.63, 3.8) is 0 Å². The molecular weight excluding hydrogens is 345 g/mol. The molecule has 0 spiro atoms. The number of hydrogen-bond acceptors (Lipinski definition) is 6. The molecule has 2 N–H and O–H groups in total. The van der Waals surface area contributed by atoms with E-state index in [9.17, 15) is 9.50 Å². The van der Waals surface area contributed by atoms with Crippen LogP contribution in [0.5, 0.6) is 0 Å². The van der Waals surface area contributed by atoms with Crippen molar-refractivity contribution in [3.05, 3.63) is 66.0 Å². The maximum Gasteiger partial charge on any atom is 0.148 e. The number of nitrogens with one attached hydrogen (secondary N) is 1. The third kappa shape index (κ3) is 3.38. The highest BCUT2D eigenvalue weighted by Crippen LogP contribution is 2.43. The van der Waals surface area contributed by atoms with Gasteiger partial charge in [-0.1, -0.05) is 6.42 Å². The average Bonchev–Trinajstić information content (AvgIpc) is 2.69. The molecule has 6 nitrogen and oxygen atoms in total. The lowest BCUT2D eigenvalue weighted by atomic mass is 9.66. The Labute approximate surface area is 156 Å². The molecule has 0 saturated heterocycles. The van der Waals surface area contributed by atoms with Gasteiger partial charge in [0.1, 0.15) is 11.6 Å². The molecule has 138 valence electrons. The van der Waals surface area contributed by atoms with Crippen LogP contribution in [-0.4, -0.2) is 31.8 Å². The highest BCUT2D eigenvalue weighted by molar-refractivity contribution is 5.62. The van der Waals surface area contributed by atoms with Crippen LogP contribution in [0.25, 0.3) is 11.3 Å². The Balaban J connectivity index is 1.50. The summed E-state index contributed by atoms with van der Waals surface area (Å²) in [5.41, 5.74) is 2.19. The van der Waals surface area contributed by atoms with Gasteiger partial charge in [-0.2, -0.15) is 0 Å². The Morgan fingerprint density at radius 3 is 2.52 bits per heavy atom. The van der Waals surface area contributed by atoms with Crippen molar-refractivity contribution in [2.45, 2.75) is 31.3 Å². The molecule has 1 fully saturated rings. The maximum atomic E-state index is 14.2. The molecule has 0 aliphatic heterocycles. The van der Waals surface area contributed by atoms with Crippen LogP contribution in [0.15, 0.2) is 48.8 Å². The van der Waals surface area contributed by atoms with E-state index in [-0.39, 0.29) is 17.8 Å². The van der Waals surface area contributed by atoms with E-state index in [0.717, 1.165) is 24.8 Å². The molecular formula is C20H20FN5O. The minimum absolute atomic E-state index is 0.157. The molecule has 4 rings (SSSR count). The lowest BCUT2D eigenvalue weighted by Crippen LogP contribution is -2.42. The summed E-state index contributed by atoms with van der Waals surface area (Å²) in [6, 6.07) is 10.4. The van der Waals surface area contributed by atoms with Gasteiger partial charge in [0.15, 0.2) is 0 Å². The fourth-order valence-electron chi connectivity index (χ4n) is 3.50. The van der Waals surface area contributed by atoms with Crippen LogP contribution in [0.3, 0.4) is 0 Å². The molecule has 0 atom stereocenters. The van der Waals surface area contributed by atoms with Crippen molar-refractivity contribution < 1.29 is 9.50 Å². The molecule has 0 radical (unpaired) electrons. The summed E-state index contributed by atoms with van der Waals surface area (Å²) in [6.45, 7) is 0.403. The summed E-state index contributed by atoms with van der Waals surface area (Å²) < 4.78 is 14.2. The van der Waals surface area contributed by atoms with Gasteiger partial charge in [-0.15, -0.1) is 10.2 Å². The van der Waals surface area contributed by atoms with E-state index in [0.29, 0.717) is 29.4 Å². The van der Waals surface area contributed by atoms with Gasteiger partial charge >= 0.3 is 0 Å². The van der Waals surface area contributed by atoms with E-state index in [1.807, 2.05) is 18.2 Å². The first-order chi connectivity index (χ1) is 13.2. The summed E-state index contributed by atoms with van der Waals surface area (Å²) in [7, 11) is 0. The van der Waals surface area contributed by atoms with Crippen LogP contribution < -0.4 is 5.32 Å². The Morgan fingerprint density at radius 1 is 1.04 bits per heavy atom. The zero-order valence-corrected chi connectivity index (χ0v) is 14.8. The molecule has 1 saturated carbocycles. The van der Waals surface area contributed by atoms with Gasteiger partial charge in [0.05, 0.1) is 23.7 Å². The minimum Gasteiger partial charge on any atom is -0.390 e. The molecule has 27 heavy (non-hydrogen) atoms. The zero-order valence-electron chi connectivity index (χ0n) is 14.8. The third-order valence-electron chi connectivity index (χ3n) is 5.16. The number of pyridine rings is 2. The van der Waals surface area contributed by atoms with E-state index >= 15 is 0 Å². The second kappa shape index (κ2) is 7.36. The first-order valence-electron chi connectivity index (χ1n) is 8.96. The molecule has 1 aliphatic rings. The number of rotatable bonds is 6. The van der Waals surface area contributed by atoms with Crippen molar-refractivity contribution in [2.24, 2.45) is 0 Å². The number of anilines is 1. The summed E-state index contributed by atoms with van der Waals surface area (Å²) in [5, 5.41) is 21.2. The molecule has 3 aromatic rings. The Kier molecular flexibility index (Phi) is 4.77. The lowest BCUT2D eigenvalue weighted by molar-refractivity contribution is 0.243. The quantitative estimate of drug-likeness (QED) is 0.698.